The molecule has 110 valence electrons. The number of nitrogen functional groups attached to an aromatic ring is 1. The van der Waals surface area contributed by atoms with E-state index >= 15 is 0 Å². The minimum Gasteiger partial charge on any atom is -0.508 e. The highest BCUT2D eigenvalue weighted by Gasteiger charge is 2.20. The normalized spacial score (nSPS) is 10.4. The van der Waals surface area contributed by atoms with E-state index in [9.17, 15) is 9.90 Å². The van der Waals surface area contributed by atoms with Crippen LogP contribution in [0, 0.1) is 6.92 Å². The number of rotatable bonds is 3. The summed E-state index contributed by atoms with van der Waals surface area (Å²) < 4.78 is 0. The van der Waals surface area contributed by atoms with Gasteiger partial charge < -0.3 is 15.7 Å². The van der Waals surface area contributed by atoms with E-state index in [2.05, 4.69) is 0 Å². The van der Waals surface area contributed by atoms with E-state index in [1.165, 1.54) is 0 Å². The number of phenols is 1. The first-order valence-electron chi connectivity index (χ1n) is 6.60. The van der Waals surface area contributed by atoms with Crippen molar-refractivity contribution in [3.8, 4) is 5.75 Å². The zero-order valence-electron chi connectivity index (χ0n) is 11.9. The number of hydrogen-bond donors (Lipinski definition) is 2. The Hall–Kier alpha value is -2.20. The number of aromatic hydroxyl groups is 1. The Labute approximate surface area is 128 Å². The SMILES string of the molecule is CCN(C(=O)c1cc(Cl)ccc1N)c1cc(O)ccc1C. The van der Waals surface area contributed by atoms with Gasteiger partial charge in [0.05, 0.1) is 11.3 Å². The van der Waals surface area contributed by atoms with Gasteiger partial charge in [0.2, 0.25) is 0 Å². The first-order valence-corrected chi connectivity index (χ1v) is 6.98. The number of amides is 1. The van der Waals surface area contributed by atoms with E-state index in [0.717, 1.165) is 5.56 Å². The molecule has 0 atom stereocenters. The smallest absolute Gasteiger partial charge is 0.260 e. The van der Waals surface area contributed by atoms with Crippen molar-refractivity contribution in [2.45, 2.75) is 13.8 Å². The summed E-state index contributed by atoms with van der Waals surface area (Å²) in [4.78, 5) is 14.3. The van der Waals surface area contributed by atoms with Crippen LogP contribution in [-0.4, -0.2) is 17.6 Å². The summed E-state index contributed by atoms with van der Waals surface area (Å²) in [5.41, 5.74) is 8.15. The van der Waals surface area contributed by atoms with Gasteiger partial charge in [-0.3, -0.25) is 4.79 Å². The maximum atomic E-state index is 12.7. The number of nitrogens with two attached hydrogens (primary N) is 1. The molecule has 0 aliphatic rings. The number of aryl methyl sites for hydroxylation is 1. The van der Waals surface area contributed by atoms with Crippen molar-refractivity contribution in [2.24, 2.45) is 0 Å². The largest absolute Gasteiger partial charge is 0.508 e. The lowest BCUT2D eigenvalue weighted by Crippen LogP contribution is -2.31. The molecule has 0 radical (unpaired) electrons. The molecule has 2 rings (SSSR count). The van der Waals surface area contributed by atoms with Crippen LogP contribution in [0.15, 0.2) is 36.4 Å². The van der Waals surface area contributed by atoms with Crippen molar-refractivity contribution in [1.82, 2.24) is 0 Å². The number of hydrogen-bond acceptors (Lipinski definition) is 3. The Morgan fingerprint density at radius 2 is 2.00 bits per heavy atom. The molecule has 0 aliphatic carbocycles. The molecule has 0 saturated heterocycles. The summed E-state index contributed by atoms with van der Waals surface area (Å²) in [5, 5.41) is 10.1. The summed E-state index contributed by atoms with van der Waals surface area (Å²) >= 11 is 5.94. The average molecular weight is 305 g/mol. The minimum absolute atomic E-state index is 0.112. The van der Waals surface area contributed by atoms with Crippen molar-refractivity contribution in [3.05, 3.63) is 52.5 Å². The maximum Gasteiger partial charge on any atom is 0.260 e. The Morgan fingerprint density at radius 3 is 2.67 bits per heavy atom. The fourth-order valence-corrected chi connectivity index (χ4v) is 2.34. The molecule has 0 aromatic heterocycles. The lowest BCUT2D eigenvalue weighted by atomic mass is 10.1. The minimum atomic E-state index is -0.244. The Balaban J connectivity index is 2.48. The van der Waals surface area contributed by atoms with Crippen LogP contribution >= 0.6 is 11.6 Å². The molecule has 2 aromatic carbocycles. The topological polar surface area (TPSA) is 66.6 Å². The fourth-order valence-electron chi connectivity index (χ4n) is 2.17. The monoisotopic (exact) mass is 304 g/mol. The number of carbonyl (C=O) groups excluding carboxylic acids is 1. The zero-order chi connectivity index (χ0) is 15.6. The highest BCUT2D eigenvalue weighted by Crippen LogP contribution is 2.28. The van der Waals surface area contributed by atoms with Crippen LogP contribution in [-0.2, 0) is 0 Å². The molecule has 0 aliphatic heterocycles. The van der Waals surface area contributed by atoms with Crippen molar-refractivity contribution in [2.75, 3.05) is 17.2 Å². The molecule has 0 spiro atoms. The summed E-state index contributed by atoms with van der Waals surface area (Å²) in [6.45, 7) is 4.20. The molecule has 0 bridgehead atoms. The molecule has 5 heteroatoms. The van der Waals surface area contributed by atoms with Crippen molar-refractivity contribution in [1.29, 1.82) is 0 Å². The molecular weight excluding hydrogens is 288 g/mol. The maximum absolute atomic E-state index is 12.7. The summed E-state index contributed by atoms with van der Waals surface area (Å²) in [6, 6.07) is 9.73. The molecule has 21 heavy (non-hydrogen) atoms. The quantitative estimate of drug-likeness (QED) is 0.851. The summed E-state index contributed by atoms with van der Waals surface area (Å²) in [7, 11) is 0. The zero-order valence-corrected chi connectivity index (χ0v) is 12.7. The molecule has 3 N–H and O–H groups in total. The van der Waals surface area contributed by atoms with Gasteiger partial charge in [0, 0.05) is 23.3 Å². The lowest BCUT2D eigenvalue weighted by Gasteiger charge is -2.24. The van der Waals surface area contributed by atoms with Crippen LogP contribution in [0.3, 0.4) is 0 Å². The molecule has 0 unspecified atom stereocenters. The van der Waals surface area contributed by atoms with E-state index < -0.39 is 0 Å². The third kappa shape index (κ3) is 3.11. The summed E-state index contributed by atoms with van der Waals surface area (Å²) in [5.74, 6) is -0.132. The molecule has 0 heterocycles. The molecule has 4 nitrogen and oxygen atoms in total. The second-order valence-electron chi connectivity index (χ2n) is 4.75. The van der Waals surface area contributed by atoms with E-state index in [0.29, 0.717) is 28.5 Å². The third-order valence-electron chi connectivity index (χ3n) is 3.29. The van der Waals surface area contributed by atoms with Gasteiger partial charge >= 0.3 is 0 Å². The van der Waals surface area contributed by atoms with Crippen molar-refractivity contribution in [3.63, 3.8) is 0 Å². The second kappa shape index (κ2) is 6.06. The van der Waals surface area contributed by atoms with Gasteiger partial charge in [-0.25, -0.2) is 0 Å². The van der Waals surface area contributed by atoms with E-state index in [4.69, 9.17) is 17.3 Å². The second-order valence-corrected chi connectivity index (χ2v) is 5.19. The van der Waals surface area contributed by atoms with E-state index in [1.807, 2.05) is 13.8 Å². The number of carbonyl (C=O) groups is 1. The van der Waals surface area contributed by atoms with Crippen LogP contribution in [0.25, 0.3) is 0 Å². The highest BCUT2D eigenvalue weighted by atomic mass is 35.5. The van der Waals surface area contributed by atoms with Gasteiger partial charge in [-0.15, -0.1) is 0 Å². The first-order chi connectivity index (χ1) is 9.93. The van der Waals surface area contributed by atoms with Crippen LogP contribution in [0.2, 0.25) is 5.02 Å². The van der Waals surface area contributed by atoms with Gasteiger partial charge in [-0.1, -0.05) is 17.7 Å². The molecule has 1 amide bonds. The van der Waals surface area contributed by atoms with E-state index in [-0.39, 0.29) is 11.7 Å². The standard InChI is InChI=1S/C16H17ClN2O2/c1-3-19(15-9-12(20)6-4-10(15)2)16(21)13-8-11(17)5-7-14(13)18/h4-9,20H,3,18H2,1-2H3. The van der Waals surface area contributed by atoms with Gasteiger partial charge in [-0.2, -0.15) is 0 Å². The number of nitrogens with zero attached hydrogens (tertiary/aromatic N) is 1. The number of halogens is 1. The predicted octanol–water partition coefficient (Wildman–Crippen LogP) is 3.60. The fraction of sp³-hybridized carbons (Fsp3) is 0.188. The summed E-state index contributed by atoms with van der Waals surface area (Å²) in [6.07, 6.45) is 0. The van der Waals surface area contributed by atoms with Gasteiger partial charge in [0.15, 0.2) is 0 Å². The molecule has 0 saturated carbocycles. The Bertz CT molecular complexity index is 686. The first kappa shape index (κ1) is 15.2. The lowest BCUT2D eigenvalue weighted by molar-refractivity contribution is 0.0989. The van der Waals surface area contributed by atoms with E-state index in [1.54, 1.807) is 41.3 Å². The number of benzene rings is 2. The predicted molar refractivity (Wildman–Crippen MR) is 86.1 cm³/mol. The number of phenolic OH excluding ortho intramolecular Hbond substituents is 1. The van der Waals surface area contributed by atoms with Crippen LogP contribution < -0.4 is 10.6 Å². The van der Waals surface area contributed by atoms with Crippen molar-refractivity contribution < 1.29 is 9.90 Å². The van der Waals surface area contributed by atoms with Crippen LogP contribution in [0.5, 0.6) is 5.75 Å². The van der Waals surface area contributed by atoms with Crippen molar-refractivity contribution >= 4 is 28.9 Å². The van der Waals surface area contributed by atoms with Gasteiger partial charge in [0.1, 0.15) is 5.75 Å². The highest BCUT2D eigenvalue weighted by molar-refractivity contribution is 6.31. The van der Waals surface area contributed by atoms with Crippen LogP contribution in [0.4, 0.5) is 11.4 Å². The van der Waals surface area contributed by atoms with Gasteiger partial charge in [-0.05, 0) is 43.7 Å². The molecule has 2 aromatic rings. The third-order valence-corrected chi connectivity index (χ3v) is 3.53. The average Bonchev–Trinajstić information content (AvgIpc) is 2.46. The number of anilines is 2. The van der Waals surface area contributed by atoms with Crippen LogP contribution in [0.1, 0.15) is 22.8 Å². The molecular formula is C16H17ClN2O2. The molecule has 0 fully saturated rings. The van der Waals surface area contributed by atoms with Gasteiger partial charge in [0.25, 0.3) is 5.91 Å². The Morgan fingerprint density at radius 1 is 1.29 bits per heavy atom. The Kier molecular flexibility index (Phi) is 4.38.